The third-order valence-corrected chi connectivity index (χ3v) is 6.48. The van der Waals surface area contributed by atoms with Crippen LogP contribution >= 0.6 is 21.6 Å². The summed E-state index contributed by atoms with van der Waals surface area (Å²) in [6, 6.07) is 6.49. The molecule has 7 nitrogen and oxygen atoms in total. The van der Waals surface area contributed by atoms with E-state index in [1.165, 1.54) is 0 Å². The molecule has 0 aromatic heterocycles. The Bertz CT molecular complexity index is 597. The summed E-state index contributed by atoms with van der Waals surface area (Å²) >= 11 is 0. The molecule has 0 saturated heterocycles. The Morgan fingerprint density at radius 3 is 2.14 bits per heavy atom. The van der Waals surface area contributed by atoms with Crippen molar-refractivity contribution >= 4 is 33.7 Å². The minimum Gasteiger partial charge on any atom is -0.508 e. The molecule has 0 spiro atoms. The van der Waals surface area contributed by atoms with Crippen LogP contribution in [0.5, 0.6) is 5.75 Å². The Morgan fingerprint density at radius 2 is 1.55 bits per heavy atom. The summed E-state index contributed by atoms with van der Waals surface area (Å²) in [5.74, 6) is 1.24. The van der Waals surface area contributed by atoms with Gasteiger partial charge in [0.15, 0.2) is 0 Å². The van der Waals surface area contributed by atoms with Crippen LogP contribution in [0.1, 0.15) is 19.4 Å². The van der Waals surface area contributed by atoms with E-state index in [1.54, 1.807) is 57.8 Å². The molecule has 0 bridgehead atoms. The van der Waals surface area contributed by atoms with E-state index in [1.807, 2.05) is 0 Å². The lowest BCUT2D eigenvalue weighted by atomic mass is 10.1. The zero-order valence-corrected chi connectivity index (χ0v) is 19.1. The molecule has 1 N–H and O–H groups in total. The molecule has 1 aromatic rings. The number of hydrogen-bond acceptors (Lipinski definition) is 8. The number of phenols is 1. The summed E-state index contributed by atoms with van der Waals surface area (Å²) in [6.45, 7) is 8.33. The van der Waals surface area contributed by atoms with Crippen molar-refractivity contribution in [2.75, 3.05) is 57.9 Å². The van der Waals surface area contributed by atoms with Crippen molar-refractivity contribution in [2.24, 2.45) is 0 Å². The topological polar surface area (TPSA) is 79.3 Å². The Morgan fingerprint density at radius 1 is 0.966 bits per heavy atom. The highest BCUT2D eigenvalue weighted by molar-refractivity contribution is 8.76. The minimum atomic E-state index is -0.300. The minimum absolute atomic E-state index is 0.174. The standard InChI is InChI=1S/C20H32N2O5S2/c1-4-22(5-2)11-10-21(3)20(25)27-13-15-29-28-14-12-26-19(24)16-17-6-8-18(23)9-7-17/h6-9,23H,4-5,10-16H2,1-3H3. The van der Waals surface area contributed by atoms with Crippen molar-refractivity contribution in [3.63, 3.8) is 0 Å². The smallest absolute Gasteiger partial charge is 0.409 e. The second-order valence-corrected chi connectivity index (χ2v) is 8.97. The molecule has 1 aromatic carbocycles. The molecule has 0 aliphatic heterocycles. The number of carbonyl (C=O) groups excluding carboxylic acids is 2. The highest BCUT2D eigenvalue weighted by atomic mass is 33.1. The van der Waals surface area contributed by atoms with E-state index in [0.29, 0.717) is 31.3 Å². The van der Waals surface area contributed by atoms with Gasteiger partial charge in [0.2, 0.25) is 0 Å². The maximum Gasteiger partial charge on any atom is 0.409 e. The number of phenolic OH excluding ortho intramolecular Hbond substituents is 1. The van der Waals surface area contributed by atoms with Gasteiger partial charge in [0.05, 0.1) is 6.42 Å². The fourth-order valence-electron chi connectivity index (χ4n) is 2.33. The first-order valence-corrected chi connectivity index (χ1v) is 12.2. The van der Waals surface area contributed by atoms with Gasteiger partial charge in [-0.05, 0) is 30.8 Å². The lowest BCUT2D eigenvalue weighted by Gasteiger charge is -2.22. The molecule has 0 aliphatic rings. The van der Waals surface area contributed by atoms with Gasteiger partial charge in [-0.25, -0.2) is 4.79 Å². The summed E-state index contributed by atoms with van der Waals surface area (Å²) in [7, 11) is 4.91. The second-order valence-electron chi connectivity index (χ2n) is 6.27. The Balaban J connectivity index is 2.00. The summed E-state index contributed by atoms with van der Waals surface area (Å²) in [6.07, 6.45) is -0.110. The van der Waals surface area contributed by atoms with Gasteiger partial charge in [-0.3, -0.25) is 4.79 Å². The highest BCUT2D eigenvalue weighted by Crippen LogP contribution is 2.20. The van der Waals surface area contributed by atoms with Gasteiger partial charge in [-0.2, -0.15) is 0 Å². The first kappa shape index (κ1) is 25.5. The number of nitrogens with zero attached hydrogens (tertiary/aromatic N) is 2. The zero-order chi connectivity index (χ0) is 21.5. The maximum absolute atomic E-state index is 11.9. The second kappa shape index (κ2) is 15.3. The largest absolute Gasteiger partial charge is 0.508 e. The van der Waals surface area contributed by atoms with Gasteiger partial charge in [-0.1, -0.05) is 47.6 Å². The van der Waals surface area contributed by atoms with Crippen LogP contribution in [-0.2, 0) is 20.7 Å². The van der Waals surface area contributed by atoms with Crippen LogP contribution in [0, 0.1) is 0 Å². The fraction of sp³-hybridized carbons (Fsp3) is 0.600. The molecular weight excluding hydrogens is 412 g/mol. The van der Waals surface area contributed by atoms with E-state index < -0.39 is 0 Å². The third kappa shape index (κ3) is 11.9. The number of esters is 1. The molecule has 0 atom stereocenters. The average molecular weight is 445 g/mol. The van der Waals surface area contributed by atoms with Crippen molar-refractivity contribution in [3.05, 3.63) is 29.8 Å². The number of ether oxygens (including phenoxy) is 2. The molecule has 29 heavy (non-hydrogen) atoms. The molecular formula is C20H32N2O5S2. The van der Waals surface area contributed by atoms with Crippen molar-refractivity contribution < 1.29 is 24.2 Å². The van der Waals surface area contributed by atoms with Gasteiger partial charge in [0.25, 0.3) is 0 Å². The van der Waals surface area contributed by atoms with Crippen molar-refractivity contribution in [3.8, 4) is 5.75 Å². The lowest BCUT2D eigenvalue weighted by Crippen LogP contribution is -2.36. The molecule has 0 fully saturated rings. The van der Waals surface area contributed by atoms with Crippen LogP contribution < -0.4 is 0 Å². The molecule has 1 rings (SSSR count). The molecule has 0 heterocycles. The predicted octanol–water partition coefficient (Wildman–Crippen LogP) is 3.27. The Labute approximate surface area is 181 Å². The molecule has 0 radical (unpaired) electrons. The third-order valence-electron chi connectivity index (χ3n) is 4.15. The van der Waals surface area contributed by atoms with Gasteiger partial charge < -0.3 is 24.4 Å². The van der Waals surface area contributed by atoms with Crippen LogP contribution in [0.15, 0.2) is 24.3 Å². The first-order chi connectivity index (χ1) is 14.0. The summed E-state index contributed by atoms with van der Waals surface area (Å²) in [4.78, 5) is 27.5. The van der Waals surface area contributed by atoms with Crippen molar-refractivity contribution in [1.29, 1.82) is 0 Å². The average Bonchev–Trinajstić information content (AvgIpc) is 2.72. The van der Waals surface area contributed by atoms with Gasteiger partial charge in [0.1, 0.15) is 19.0 Å². The number of rotatable bonds is 14. The predicted molar refractivity (Wildman–Crippen MR) is 119 cm³/mol. The number of hydrogen-bond donors (Lipinski definition) is 1. The SMILES string of the molecule is CCN(CC)CCN(C)C(=O)OCCSSCCOC(=O)Cc1ccc(O)cc1. The van der Waals surface area contributed by atoms with E-state index in [2.05, 4.69) is 18.7 Å². The molecule has 0 unspecified atom stereocenters. The van der Waals surface area contributed by atoms with E-state index in [0.717, 1.165) is 25.2 Å². The van der Waals surface area contributed by atoms with Crippen LogP contribution in [0.4, 0.5) is 4.79 Å². The molecule has 9 heteroatoms. The highest BCUT2D eigenvalue weighted by Gasteiger charge is 2.11. The summed E-state index contributed by atoms with van der Waals surface area (Å²) in [5, 5.41) is 9.22. The maximum atomic E-state index is 11.9. The number of amides is 1. The fourth-order valence-corrected chi connectivity index (χ4v) is 3.99. The first-order valence-electron chi connectivity index (χ1n) is 9.74. The Hall–Kier alpha value is -1.58. The number of benzene rings is 1. The van der Waals surface area contributed by atoms with E-state index >= 15 is 0 Å². The van der Waals surface area contributed by atoms with Gasteiger partial charge in [0, 0.05) is 31.6 Å². The van der Waals surface area contributed by atoms with E-state index in [4.69, 9.17) is 9.47 Å². The van der Waals surface area contributed by atoms with Crippen LogP contribution in [0.25, 0.3) is 0 Å². The van der Waals surface area contributed by atoms with Gasteiger partial charge >= 0.3 is 12.1 Å². The van der Waals surface area contributed by atoms with Crippen molar-refractivity contribution in [1.82, 2.24) is 9.80 Å². The van der Waals surface area contributed by atoms with Gasteiger partial charge in [-0.15, -0.1) is 0 Å². The van der Waals surface area contributed by atoms with E-state index in [-0.39, 0.29) is 24.2 Å². The lowest BCUT2D eigenvalue weighted by molar-refractivity contribution is -0.142. The normalized spacial score (nSPS) is 10.8. The van der Waals surface area contributed by atoms with Crippen LogP contribution in [0.2, 0.25) is 0 Å². The van der Waals surface area contributed by atoms with Crippen LogP contribution in [0.3, 0.4) is 0 Å². The molecule has 1 amide bonds. The van der Waals surface area contributed by atoms with E-state index in [9.17, 15) is 14.7 Å². The molecule has 0 aliphatic carbocycles. The number of likely N-dealkylation sites (N-methyl/N-ethyl adjacent to an activating group) is 2. The number of aromatic hydroxyl groups is 1. The van der Waals surface area contributed by atoms with Crippen LogP contribution in [-0.4, -0.2) is 84.9 Å². The quantitative estimate of drug-likeness (QED) is 0.266. The summed E-state index contributed by atoms with van der Waals surface area (Å²) < 4.78 is 10.4. The number of carbonyl (C=O) groups is 2. The van der Waals surface area contributed by atoms with Crippen molar-refractivity contribution in [2.45, 2.75) is 20.3 Å². The molecule has 164 valence electrons. The summed E-state index contributed by atoms with van der Waals surface area (Å²) in [5.41, 5.74) is 0.804. The zero-order valence-electron chi connectivity index (χ0n) is 17.5. The monoisotopic (exact) mass is 444 g/mol. The molecule has 0 saturated carbocycles. The Kier molecular flexibility index (Phi) is 13.4.